The Morgan fingerprint density at radius 3 is 2.06 bits per heavy atom. The molecule has 18 heavy (non-hydrogen) atoms. The van der Waals surface area contributed by atoms with Gasteiger partial charge in [-0.1, -0.05) is 48.2 Å². The predicted octanol–water partition coefficient (Wildman–Crippen LogP) is 4.59. The van der Waals surface area contributed by atoms with E-state index >= 15 is 0 Å². The van der Waals surface area contributed by atoms with E-state index in [1.54, 1.807) is 0 Å². The minimum Gasteiger partial charge on any atom is -0.198 e. The van der Waals surface area contributed by atoms with Gasteiger partial charge in [-0.15, -0.1) is 0 Å². The number of hydrogen-bond donors (Lipinski definition) is 0. The monoisotopic (exact) mass is 251 g/mol. The Morgan fingerprint density at radius 2 is 1.50 bits per heavy atom. The maximum atomic E-state index is 8.84. The summed E-state index contributed by atoms with van der Waals surface area (Å²) in [7, 11) is 0. The van der Waals surface area contributed by atoms with Crippen molar-refractivity contribution in [3.63, 3.8) is 0 Å². The fourth-order valence-corrected chi connectivity index (χ4v) is 3.72. The van der Waals surface area contributed by atoms with Crippen molar-refractivity contribution in [3.8, 4) is 6.07 Å². The minimum atomic E-state index is 0.373. The molecule has 0 N–H and O–H groups in total. The topological polar surface area (TPSA) is 23.8 Å². The molecule has 1 aliphatic heterocycles. The van der Waals surface area contributed by atoms with Crippen molar-refractivity contribution in [3.05, 3.63) is 59.7 Å². The molecule has 0 saturated heterocycles. The van der Waals surface area contributed by atoms with Crippen molar-refractivity contribution in [1.82, 2.24) is 0 Å². The highest BCUT2D eigenvalue weighted by molar-refractivity contribution is 7.99. The summed E-state index contributed by atoms with van der Waals surface area (Å²) in [5.41, 5.74) is 2.74. The molecule has 0 fully saturated rings. The van der Waals surface area contributed by atoms with E-state index < -0.39 is 0 Å². The van der Waals surface area contributed by atoms with Gasteiger partial charge in [-0.2, -0.15) is 5.26 Å². The van der Waals surface area contributed by atoms with Crippen LogP contribution in [0.3, 0.4) is 0 Å². The molecule has 0 spiro atoms. The van der Waals surface area contributed by atoms with Crippen LogP contribution >= 0.6 is 11.8 Å². The quantitative estimate of drug-likeness (QED) is 0.779. The third kappa shape index (κ3) is 1.91. The first-order valence-corrected chi connectivity index (χ1v) is 6.94. The Balaban J connectivity index is 2.09. The van der Waals surface area contributed by atoms with E-state index in [1.807, 2.05) is 11.8 Å². The van der Waals surface area contributed by atoms with Gasteiger partial charge in [-0.25, -0.2) is 0 Å². The fourth-order valence-electron chi connectivity index (χ4n) is 2.53. The first-order valence-electron chi connectivity index (χ1n) is 6.13. The van der Waals surface area contributed by atoms with Gasteiger partial charge >= 0.3 is 0 Å². The van der Waals surface area contributed by atoms with E-state index in [2.05, 4.69) is 54.6 Å². The van der Waals surface area contributed by atoms with Crippen LogP contribution in [0, 0.1) is 11.3 Å². The van der Waals surface area contributed by atoms with Gasteiger partial charge in [0.2, 0.25) is 0 Å². The molecule has 1 aliphatic rings. The zero-order valence-corrected chi connectivity index (χ0v) is 10.8. The highest BCUT2D eigenvalue weighted by Gasteiger charge is 2.24. The number of rotatable bonds is 2. The Hall–Kier alpha value is -1.72. The smallest absolute Gasteiger partial charge is 0.0622 e. The molecule has 88 valence electrons. The molecule has 0 unspecified atom stereocenters. The summed E-state index contributed by atoms with van der Waals surface area (Å²) >= 11 is 1.84. The van der Waals surface area contributed by atoms with Gasteiger partial charge in [0.1, 0.15) is 0 Å². The van der Waals surface area contributed by atoms with Gasteiger partial charge in [-0.3, -0.25) is 0 Å². The van der Waals surface area contributed by atoms with Crippen LogP contribution in [0.25, 0.3) is 0 Å². The first-order chi connectivity index (χ1) is 8.90. The van der Waals surface area contributed by atoms with Crippen LogP contribution in [0.4, 0.5) is 0 Å². The lowest BCUT2D eigenvalue weighted by atomic mass is 9.87. The zero-order chi connectivity index (χ0) is 12.4. The predicted molar refractivity (Wildman–Crippen MR) is 73.7 cm³/mol. The van der Waals surface area contributed by atoms with E-state index in [0.29, 0.717) is 12.3 Å². The molecule has 3 rings (SSSR count). The molecule has 0 aromatic heterocycles. The summed E-state index contributed by atoms with van der Waals surface area (Å²) in [6, 6.07) is 19.4. The van der Waals surface area contributed by atoms with E-state index in [-0.39, 0.29) is 0 Å². The van der Waals surface area contributed by atoms with Crippen molar-refractivity contribution in [2.45, 2.75) is 28.6 Å². The molecule has 2 heteroatoms. The van der Waals surface area contributed by atoms with Crippen LogP contribution < -0.4 is 0 Å². The number of fused-ring (bicyclic) bond motifs is 2. The molecule has 0 saturated carbocycles. The average molecular weight is 251 g/mol. The summed E-state index contributed by atoms with van der Waals surface area (Å²) < 4.78 is 0. The van der Waals surface area contributed by atoms with E-state index in [4.69, 9.17) is 5.26 Å². The molecule has 2 aromatic rings. The van der Waals surface area contributed by atoms with Gasteiger partial charge in [0.05, 0.1) is 6.07 Å². The maximum absolute atomic E-state index is 8.84. The summed E-state index contributed by atoms with van der Waals surface area (Å²) in [4.78, 5) is 2.67. The number of benzene rings is 2. The Bertz CT molecular complexity index is 567. The van der Waals surface area contributed by atoms with Gasteiger partial charge in [0.15, 0.2) is 0 Å². The molecule has 0 atom stereocenters. The summed E-state index contributed by atoms with van der Waals surface area (Å²) in [5.74, 6) is 0.373. The van der Waals surface area contributed by atoms with Gasteiger partial charge in [0, 0.05) is 22.1 Å². The molecule has 0 radical (unpaired) electrons. The van der Waals surface area contributed by atoms with E-state index in [0.717, 1.165) is 6.42 Å². The molecular formula is C16H13NS. The fraction of sp³-hybridized carbons (Fsp3) is 0.188. The van der Waals surface area contributed by atoms with Crippen LogP contribution in [0.2, 0.25) is 0 Å². The van der Waals surface area contributed by atoms with E-state index in [9.17, 15) is 0 Å². The Labute approximate surface area is 111 Å². The Kier molecular flexibility index (Phi) is 3.08. The van der Waals surface area contributed by atoms with Crippen LogP contribution in [0.5, 0.6) is 0 Å². The standard InChI is InChI=1S/C16H13NS/c17-11-5-8-12-13-6-1-3-9-15(13)18-16-10-4-2-7-14(12)16/h1-4,6-7,9-10,12H,5,8H2. The SMILES string of the molecule is N#CCCC1c2ccccc2Sc2ccccc21. The molecule has 0 amide bonds. The van der Waals surface area contributed by atoms with Crippen LogP contribution in [-0.2, 0) is 0 Å². The van der Waals surface area contributed by atoms with Crippen molar-refractivity contribution < 1.29 is 0 Å². The largest absolute Gasteiger partial charge is 0.198 e. The van der Waals surface area contributed by atoms with Gasteiger partial charge in [0.25, 0.3) is 0 Å². The lowest BCUT2D eigenvalue weighted by Crippen LogP contribution is -2.08. The van der Waals surface area contributed by atoms with Crippen molar-refractivity contribution in [2.75, 3.05) is 0 Å². The zero-order valence-electron chi connectivity index (χ0n) is 9.97. The molecule has 0 bridgehead atoms. The molecular weight excluding hydrogens is 238 g/mol. The maximum Gasteiger partial charge on any atom is 0.0622 e. The van der Waals surface area contributed by atoms with Crippen molar-refractivity contribution >= 4 is 11.8 Å². The lowest BCUT2D eigenvalue weighted by molar-refractivity contribution is 0.703. The second-order valence-corrected chi connectivity index (χ2v) is 5.51. The van der Waals surface area contributed by atoms with Gasteiger partial charge < -0.3 is 0 Å². The summed E-state index contributed by atoms with van der Waals surface area (Å²) in [5, 5.41) is 8.84. The number of hydrogen-bond acceptors (Lipinski definition) is 2. The third-order valence-corrected chi connectivity index (χ3v) is 4.54. The Morgan fingerprint density at radius 1 is 0.944 bits per heavy atom. The highest BCUT2D eigenvalue weighted by atomic mass is 32.2. The van der Waals surface area contributed by atoms with Crippen LogP contribution in [0.15, 0.2) is 58.3 Å². The number of nitrogens with zero attached hydrogens (tertiary/aromatic N) is 1. The normalized spacial score (nSPS) is 13.5. The highest BCUT2D eigenvalue weighted by Crippen LogP contribution is 2.47. The first kappa shape index (κ1) is 11.4. The number of nitriles is 1. The average Bonchev–Trinajstić information content (AvgIpc) is 2.43. The second kappa shape index (κ2) is 4.88. The molecule has 2 aromatic carbocycles. The van der Waals surface area contributed by atoms with Crippen LogP contribution in [-0.4, -0.2) is 0 Å². The summed E-state index contributed by atoms with van der Waals surface area (Å²) in [6.07, 6.45) is 1.52. The lowest BCUT2D eigenvalue weighted by Gasteiger charge is -2.27. The molecule has 0 aliphatic carbocycles. The summed E-state index contributed by atoms with van der Waals surface area (Å²) in [6.45, 7) is 0. The third-order valence-electron chi connectivity index (χ3n) is 3.35. The minimum absolute atomic E-state index is 0.373. The molecule has 1 nitrogen and oxygen atoms in total. The van der Waals surface area contributed by atoms with Crippen molar-refractivity contribution in [1.29, 1.82) is 5.26 Å². The van der Waals surface area contributed by atoms with Crippen LogP contribution in [0.1, 0.15) is 29.9 Å². The van der Waals surface area contributed by atoms with Crippen molar-refractivity contribution in [2.24, 2.45) is 0 Å². The second-order valence-electron chi connectivity index (χ2n) is 4.43. The molecule has 1 heterocycles. The van der Waals surface area contributed by atoms with Gasteiger partial charge in [-0.05, 0) is 29.7 Å². The van der Waals surface area contributed by atoms with E-state index in [1.165, 1.54) is 20.9 Å².